The van der Waals surface area contributed by atoms with Gasteiger partial charge < -0.3 is 14.0 Å². The molecule has 0 amide bonds. The molecule has 344 valence electrons. The molecule has 0 fully saturated rings. The molecule has 11 aromatic carbocycles. The maximum Gasteiger partial charge on any atom is 0.184 e. The van der Waals surface area contributed by atoms with Crippen molar-refractivity contribution < 1.29 is 0 Å². The first-order valence-electron chi connectivity index (χ1n) is 25.5. The second-order valence-electron chi connectivity index (χ2n) is 20.2. The Balaban J connectivity index is 1.12. The van der Waals surface area contributed by atoms with Crippen LogP contribution in [-0.4, -0.2) is 25.3 Å². The summed E-state index contributed by atoms with van der Waals surface area (Å²) in [7, 11) is -6.28. The summed E-state index contributed by atoms with van der Waals surface area (Å²) in [6.07, 6.45) is 0. The van der Waals surface area contributed by atoms with E-state index < -0.39 is 16.1 Å². The number of nitrogens with zero attached hydrogens (tertiary/aromatic N) is 3. The minimum absolute atomic E-state index is 1.16. The average Bonchev–Trinajstić information content (AvgIpc) is 4.02. The Kier molecular flexibility index (Phi) is 9.13. The number of fused-ring (bicyclic) bond motifs is 10. The van der Waals surface area contributed by atoms with Gasteiger partial charge in [0.2, 0.25) is 0 Å². The van der Waals surface area contributed by atoms with Gasteiger partial charge in [0.25, 0.3) is 0 Å². The lowest BCUT2D eigenvalue weighted by Crippen LogP contribution is -2.82. The largest absolute Gasteiger partial charge is 0.311 e. The predicted octanol–water partition coefficient (Wildman–Crippen LogP) is 11.3. The maximum absolute atomic E-state index is 3.14. The van der Waals surface area contributed by atoms with Crippen molar-refractivity contribution >= 4 is 118 Å². The van der Waals surface area contributed by atoms with E-state index in [9.17, 15) is 0 Å². The van der Waals surface area contributed by atoms with Crippen LogP contribution < -0.4 is 46.4 Å². The number of aryl methyl sites for hydroxylation is 2. The van der Waals surface area contributed by atoms with Gasteiger partial charge in [0.05, 0.1) is 22.1 Å². The smallest absolute Gasteiger partial charge is 0.184 e. The summed E-state index contributed by atoms with van der Waals surface area (Å²) in [5.41, 5.74) is 13.6. The van der Waals surface area contributed by atoms with Crippen LogP contribution in [-0.2, 0) is 0 Å². The number of hydrogen-bond acceptors (Lipinski definition) is 1. The highest BCUT2D eigenvalue weighted by Crippen LogP contribution is 2.44. The molecule has 2 aliphatic heterocycles. The molecule has 0 saturated carbocycles. The van der Waals surface area contributed by atoms with Crippen molar-refractivity contribution in [3.63, 3.8) is 0 Å². The highest BCUT2D eigenvalue weighted by atomic mass is 28.3. The van der Waals surface area contributed by atoms with Crippen LogP contribution in [0.4, 0.5) is 17.1 Å². The Bertz CT molecular complexity index is 4050. The molecular weight excluding hydrogens is 915 g/mol. The molecule has 13 aromatic rings. The molecule has 15 rings (SSSR count). The van der Waals surface area contributed by atoms with Crippen molar-refractivity contribution in [1.82, 2.24) is 9.13 Å². The Hall–Kier alpha value is -8.75. The predicted molar refractivity (Wildman–Crippen MR) is 314 cm³/mol. The first-order chi connectivity index (χ1) is 36.0. The van der Waals surface area contributed by atoms with Crippen LogP contribution in [0.25, 0.3) is 55.0 Å². The van der Waals surface area contributed by atoms with Crippen LogP contribution in [0, 0.1) is 13.8 Å². The molecule has 0 N–H and O–H groups in total. The van der Waals surface area contributed by atoms with Crippen molar-refractivity contribution in [2.45, 2.75) is 13.8 Å². The van der Waals surface area contributed by atoms with E-state index in [0.29, 0.717) is 0 Å². The van der Waals surface area contributed by atoms with Gasteiger partial charge in [-0.15, -0.1) is 0 Å². The summed E-state index contributed by atoms with van der Waals surface area (Å²) in [5.74, 6) is 0. The summed E-state index contributed by atoms with van der Waals surface area (Å²) < 4.78 is 5.07. The van der Waals surface area contributed by atoms with Crippen LogP contribution >= 0.6 is 0 Å². The van der Waals surface area contributed by atoms with Gasteiger partial charge in [0, 0.05) is 50.0 Å². The summed E-state index contributed by atoms with van der Waals surface area (Å²) in [6.45, 7) is 4.39. The zero-order valence-electron chi connectivity index (χ0n) is 40.7. The molecule has 2 aliphatic rings. The lowest BCUT2D eigenvalue weighted by Gasteiger charge is -2.52. The molecule has 3 nitrogen and oxygen atoms in total. The molecule has 0 radical (unpaired) electrons. The quantitative estimate of drug-likeness (QED) is 0.151. The second kappa shape index (κ2) is 15.9. The highest BCUT2D eigenvalue weighted by molar-refractivity contribution is 7.24. The van der Waals surface area contributed by atoms with Crippen molar-refractivity contribution in [2.24, 2.45) is 0 Å². The van der Waals surface area contributed by atoms with Crippen LogP contribution in [0.5, 0.6) is 0 Å². The zero-order chi connectivity index (χ0) is 48.4. The molecule has 2 aromatic heterocycles. The fourth-order valence-corrected chi connectivity index (χ4v) is 23.8. The van der Waals surface area contributed by atoms with Crippen LogP contribution in [0.2, 0.25) is 0 Å². The zero-order valence-corrected chi connectivity index (χ0v) is 42.7. The first kappa shape index (κ1) is 42.0. The van der Waals surface area contributed by atoms with Gasteiger partial charge in [-0.3, -0.25) is 0 Å². The van der Waals surface area contributed by atoms with E-state index in [-0.39, 0.29) is 0 Å². The van der Waals surface area contributed by atoms with E-state index in [2.05, 4.69) is 289 Å². The Morgan fingerprint density at radius 3 is 1.12 bits per heavy atom. The molecule has 0 atom stereocenters. The maximum atomic E-state index is 2.67. The standard InChI is InChI=1S/C68H49N3Si2/c1-46-35-38-59-55(41-46)56-42-47(2)36-39-60(56)69(59)48-37-40-61-57(43-48)54-29-15-16-30-58(54)70(61)49-44-66-68-67(45-49)73(52-25-11-5-12-26-52,53-27-13-6-14-28-53)65-34-20-18-32-63(65)71(68)62-31-17-19-33-64(62)72(66,50-21-7-3-8-22-50)51-23-9-4-10-24-51/h3-45H,1-2H3. The molecule has 0 aliphatic carbocycles. The number of benzene rings is 11. The van der Waals surface area contributed by atoms with E-state index in [1.54, 1.807) is 0 Å². The summed E-state index contributed by atoms with van der Waals surface area (Å²) in [4.78, 5) is 2.67. The van der Waals surface area contributed by atoms with Crippen LogP contribution in [0.1, 0.15) is 11.1 Å². The topological polar surface area (TPSA) is 13.1 Å². The molecule has 4 heterocycles. The number of para-hydroxylation sites is 3. The normalized spacial score (nSPS) is 14.1. The van der Waals surface area contributed by atoms with Crippen molar-refractivity contribution in [2.75, 3.05) is 4.90 Å². The summed E-state index contributed by atoms with van der Waals surface area (Å²) in [5, 5.41) is 16.2. The number of rotatable bonds is 6. The van der Waals surface area contributed by atoms with E-state index in [1.165, 1.54) is 119 Å². The molecule has 0 unspecified atom stereocenters. The molecule has 0 spiro atoms. The third kappa shape index (κ3) is 5.74. The van der Waals surface area contributed by atoms with Gasteiger partial charge in [0.1, 0.15) is 0 Å². The number of aromatic nitrogens is 2. The lowest BCUT2D eigenvalue weighted by molar-refractivity contribution is 1.16. The number of hydrogen-bond donors (Lipinski definition) is 0. The molecular formula is C68H49N3Si2. The van der Waals surface area contributed by atoms with E-state index in [4.69, 9.17) is 0 Å². The van der Waals surface area contributed by atoms with Crippen LogP contribution in [0.15, 0.2) is 261 Å². The van der Waals surface area contributed by atoms with Gasteiger partial charge in [0.15, 0.2) is 16.1 Å². The fraction of sp³-hybridized carbons (Fsp3) is 0.0294. The molecule has 73 heavy (non-hydrogen) atoms. The van der Waals surface area contributed by atoms with Crippen molar-refractivity contribution in [1.29, 1.82) is 0 Å². The van der Waals surface area contributed by atoms with E-state index >= 15 is 0 Å². The minimum Gasteiger partial charge on any atom is -0.311 e. The first-order valence-corrected chi connectivity index (χ1v) is 29.5. The third-order valence-corrected chi connectivity index (χ3v) is 25.9. The fourth-order valence-electron chi connectivity index (χ4n) is 13.4. The monoisotopic (exact) mass is 963 g/mol. The van der Waals surface area contributed by atoms with Gasteiger partial charge in [-0.05, 0) is 128 Å². The minimum atomic E-state index is -3.14. The highest BCUT2D eigenvalue weighted by Gasteiger charge is 2.56. The van der Waals surface area contributed by atoms with Crippen molar-refractivity contribution in [3.8, 4) is 11.4 Å². The summed E-state index contributed by atoms with van der Waals surface area (Å²) >= 11 is 0. The second-order valence-corrected chi connectivity index (χ2v) is 27.6. The van der Waals surface area contributed by atoms with E-state index in [1.807, 2.05) is 0 Å². The average molecular weight is 964 g/mol. The SMILES string of the molecule is Cc1ccc2c(c1)c1cc(C)ccc1n2-c1ccc2c(c1)c1ccccc1n2-c1cc2c3c(c1)[Si](c1ccccc1)(c1ccccc1)c1ccccc1N3c1ccccc1[Si]2(c1ccccc1)c1ccccc1. The van der Waals surface area contributed by atoms with Gasteiger partial charge in [-0.2, -0.15) is 0 Å². The van der Waals surface area contributed by atoms with Crippen molar-refractivity contribution in [3.05, 3.63) is 272 Å². The van der Waals surface area contributed by atoms with Crippen LogP contribution in [0.3, 0.4) is 0 Å². The summed E-state index contributed by atoms with van der Waals surface area (Å²) in [6, 6.07) is 100. The molecule has 0 bridgehead atoms. The van der Waals surface area contributed by atoms with E-state index in [0.717, 1.165) is 5.69 Å². The van der Waals surface area contributed by atoms with Gasteiger partial charge in [-0.1, -0.05) is 199 Å². The Labute approximate surface area is 427 Å². The van der Waals surface area contributed by atoms with Gasteiger partial charge >= 0.3 is 0 Å². The number of anilines is 3. The van der Waals surface area contributed by atoms with Gasteiger partial charge in [-0.25, -0.2) is 0 Å². The lowest BCUT2D eigenvalue weighted by atomic mass is 10.1. The Morgan fingerprint density at radius 1 is 0.274 bits per heavy atom. The Morgan fingerprint density at radius 2 is 0.644 bits per heavy atom. The molecule has 0 saturated heterocycles. The third-order valence-electron chi connectivity index (χ3n) is 16.3. The molecule has 5 heteroatoms.